The molecule has 1 aliphatic heterocycles. The van der Waals surface area contributed by atoms with Crippen LogP contribution in [0.25, 0.3) is 0 Å². The molecule has 0 saturated heterocycles. The minimum atomic E-state index is 0.494. The molecule has 0 saturated carbocycles. The summed E-state index contributed by atoms with van der Waals surface area (Å²) >= 11 is 0. The summed E-state index contributed by atoms with van der Waals surface area (Å²) in [6, 6.07) is 11.2. The van der Waals surface area contributed by atoms with E-state index in [-0.39, 0.29) is 0 Å². The second-order valence-corrected chi connectivity index (χ2v) is 5.46. The average Bonchev–Trinajstić information content (AvgIpc) is 2.55. The number of hydrogen-bond acceptors (Lipinski definition) is 4. The van der Waals surface area contributed by atoms with Crippen LogP contribution in [0.3, 0.4) is 0 Å². The van der Waals surface area contributed by atoms with Gasteiger partial charge in [-0.25, -0.2) is 0 Å². The van der Waals surface area contributed by atoms with Crippen LogP contribution < -0.4 is 10.6 Å². The van der Waals surface area contributed by atoms with E-state index in [1.165, 1.54) is 5.56 Å². The van der Waals surface area contributed by atoms with Crippen molar-refractivity contribution in [2.24, 2.45) is 4.99 Å². The van der Waals surface area contributed by atoms with Crippen LogP contribution in [0.2, 0.25) is 0 Å². The Labute approximate surface area is 128 Å². The highest BCUT2D eigenvalue weighted by molar-refractivity contribution is 5.80. The first-order valence-corrected chi connectivity index (χ1v) is 8.13. The van der Waals surface area contributed by atoms with Gasteiger partial charge in [-0.3, -0.25) is 9.89 Å². The molecule has 0 radical (unpaired) electrons. The van der Waals surface area contributed by atoms with Crippen LogP contribution in [-0.2, 0) is 6.42 Å². The van der Waals surface area contributed by atoms with Crippen molar-refractivity contribution in [3.63, 3.8) is 0 Å². The molecular weight excluding hydrogens is 260 g/mol. The monoisotopic (exact) mass is 288 g/mol. The van der Waals surface area contributed by atoms with Crippen LogP contribution in [-0.4, -0.2) is 49.6 Å². The van der Waals surface area contributed by atoms with Gasteiger partial charge in [-0.2, -0.15) is 0 Å². The third-order valence-electron chi connectivity index (χ3n) is 4.05. The van der Waals surface area contributed by atoms with Crippen molar-refractivity contribution >= 4 is 5.96 Å². The normalized spacial score (nSPS) is 16.2. The predicted molar refractivity (Wildman–Crippen MR) is 89.8 cm³/mol. The Morgan fingerprint density at radius 2 is 2.00 bits per heavy atom. The molecule has 0 aromatic heterocycles. The Bertz CT molecular complexity index is 426. The molecule has 4 heteroatoms. The fourth-order valence-corrected chi connectivity index (χ4v) is 2.82. The molecule has 1 unspecified atom stereocenters. The first-order valence-electron chi connectivity index (χ1n) is 8.13. The zero-order chi connectivity index (χ0) is 14.9. The van der Waals surface area contributed by atoms with Gasteiger partial charge in [0.2, 0.25) is 0 Å². The van der Waals surface area contributed by atoms with Crippen LogP contribution in [0, 0.1) is 0 Å². The fraction of sp³-hybridized carbons (Fsp3) is 0.588. The van der Waals surface area contributed by atoms with E-state index in [1.807, 2.05) is 0 Å². The molecule has 0 aliphatic carbocycles. The number of benzene rings is 1. The topological polar surface area (TPSA) is 39.7 Å². The lowest BCUT2D eigenvalue weighted by atomic mass is 10.0. The molecule has 0 amide bonds. The Kier molecular flexibility index (Phi) is 6.54. The van der Waals surface area contributed by atoms with Crippen molar-refractivity contribution in [2.45, 2.75) is 32.7 Å². The first-order chi connectivity index (χ1) is 10.3. The molecule has 1 atom stereocenters. The minimum Gasteiger partial charge on any atom is -0.356 e. The van der Waals surface area contributed by atoms with Gasteiger partial charge < -0.3 is 10.6 Å². The van der Waals surface area contributed by atoms with E-state index in [2.05, 4.69) is 64.7 Å². The second kappa shape index (κ2) is 8.67. The van der Waals surface area contributed by atoms with Crippen LogP contribution in [0.15, 0.2) is 35.3 Å². The van der Waals surface area contributed by atoms with Crippen LogP contribution in [0.5, 0.6) is 0 Å². The number of guanidine groups is 1. The molecule has 21 heavy (non-hydrogen) atoms. The van der Waals surface area contributed by atoms with Crippen molar-refractivity contribution in [3.05, 3.63) is 35.9 Å². The molecule has 0 fully saturated rings. The van der Waals surface area contributed by atoms with Gasteiger partial charge in [0, 0.05) is 25.7 Å². The zero-order valence-electron chi connectivity index (χ0n) is 13.3. The lowest BCUT2D eigenvalue weighted by molar-refractivity contribution is 0.215. The third-order valence-corrected chi connectivity index (χ3v) is 4.05. The van der Waals surface area contributed by atoms with Gasteiger partial charge in [-0.1, -0.05) is 44.2 Å². The van der Waals surface area contributed by atoms with Crippen molar-refractivity contribution in [1.82, 2.24) is 15.5 Å². The van der Waals surface area contributed by atoms with Gasteiger partial charge in [-0.05, 0) is 31.5 Å². The molecule has 116 valence electrons. The molecule has 1 aromatic rings. The van der Waals surface area contributed by atoms with Gasteiger partial charge in [0.1, 0.15) is 0 Å². The summed E-state index contributed by atoms with van der Waals surface area (Å²) in [5.41, 5.74) is 1.40. The van der Waals surface area contributed by atoms with E-state index >= 15 is 0 Å². The fourth-order valence-electron chi connectivity index (χ4n) is 2.82. The number of nitrogens with one attached hydrogen (secondary N) is 2. The van der Waals surface area contributed by atoms with E-state index in [0.717, 1.165) is 51.5 Å². The highest BCUT2D eigenvalue weighted by Crippen LogP contribution is 2.08. The third kappa shape index (κ3) is 5.05. The Morgan fingerprint density at radius 3 is 2.62 bits per heavy atom. The van der Waals surface area contributed by atoms with Crippen LogP contribution in [0.1, 0.15) is 25.8 Å². The summed E-state index contributed by atoms with van der Waals surface area (Å²) in [6.45, 7) is 9.52. The highest BCUT2D eigenvalue weighted by atomic mass is 15.2. The lowest BCUT2D eigenvalue weighted by Crippen LogP contribution is -2.49. The van der Waals surface area contributed by atoms with Gasteiger partial charge in [0.15, 0.2) is 5.96 Å². The van der Waals surface area contributed by atoms with Crippen molar-refractivity contribution in [3.8, 4) is 0 Å². The highest BCUT2D eigenvalue weighted by Gasteiger charge is 2.17. The van der Waals surface area contributed by atoms with Crippen LogP contribution >= 0.6 is 0 Å². The second-order valence-electron chi connectivity index (χ2n) is 5.46. The maximum Gasteiger partial charge on any atom is 0.191 e. The Hall–Kier alpha value is -1.55. The largest absolute Gasteiger partial charge is 0.356 e. The van der Waals surface area contributed by atoms with Crippen molar-refractivity contribution in [1.29, 1.82) is 0 Å². The standard InChI is InChI=1S/C17H28N4/c1-3-21(4-2)16(13-15-9-6-5-7-10-15)14-20-17-18-11-8-12-19-17/h5-7,9-10,16H,3-4,8,11-14H2,1-2H3,(H2,18,19,20). The number of nitrogens with zero attached hydrogens (tertiary/aromatic N) is 2. The average molecular weight is 288 g/mol. The summed E-state index contributed by atoms with van der Waals surface area (Å²) in [5, 5.41) is 6.82. The van der Waals surface area contributed by atoms with Gasteiger partial charge >= 0.3 is 0 Å². The molecule has 1 heterocycles. The summed E-state index contributed by atoms with van der Waals surface area (Å²) in [6.07, 6.45) is 2.21. The van der Waals surface area contributed by atoms with Crippen molar-refractivity contribution < 1.29 is 0 Å². The van der Waals surface area contributed by atoms with E-state index in [4.69, 9.17) is 0 Å². The Morgan fingerprint density at radius 1 is 1.24 bits per heavy atom. The summed E-state index contributed by atoms with van der Waals surface area (Å²) in [4.78, 5) is 7.01. The van der Waals surface area contributed by atoms with Gasteiger partial charge in [-0.15, -0.1) is 0 Å². The number of hydrogen-bond donors (Lipinski definition) is 2. The number of rotatable bonds is 7. The van der Waals surface area contributed by atoms with Gasteiger partial charge in [0.25, 0.3) is 0 Å². The predicted octanol–water partition coefficient (Wildman–Crippen LogP) is 1.88. The van der Waals surface area contributed by atoms with E-state index in [1.54, 1.807) is 0 Å². The number of aliphatic imine (C=N–C) groups is 1. The van der Waals surface area contributed by atoms with E-state index in [9.17, 15) is 0 Å². The lowest BCUT2D eigenvalue weighted by Gasteiger charge is -2.31. The molecular formula is C17H28N4. The zero-order valence-corrected chi connectivity index (χ0v) is 13.3. The summed E-state index contributed by atoms with van der Waals surface area (Å²) < 4.78 is 0. The molecule has 1 aromatic carbocycles. The summed E-state index contributed by atoms with van der Waals surface area (Å²) in [7, 11) is 0. The van der Waals surface area contributed by atoms with E-state index in [0.29, 0.717) is 6.04 Å². The molecule has 0 bridgehead atoms. The smallest absolute Gasteiger partial charge is 0.191 e. The maximum atomic E-state index is 4.50. The minimum absolute atomic E-state index is 0.494. The van der Waals surface area contributed by atoms with Crippen LogP contribution in [0.4, 0.5) is 0 Å². The van der Waals surface area contributed by atoms with Crippen molar-refractivity contribution in [2.75, 3.05) is 32.7 Å². The molecule has 1 aliphatic rings. The quantitative estimate of drug-likeness (QED) is 0.805. The molecule has 2 N–H and O–H groups in total. The maximum absolute atomic E-state index is 4.50. The SMILES string of the molecule is CCN(CC)C(CNC1=NCCCN1)Cc1ccccc1. The number of likely N-dealkylation sites (N-methyl/N-ethyl adjacent to an activating group) is 1. The summed E-state index contributed by atoms with van der Waals surface area (Å²) in [5.74, 6) is 0.964. The van der Waals surface area contributed by atoms with Gasteiger partial charge in [0.05, 0.1) is 0 Å². The van der Waals surface area contributed by atoms with E-state index < -0.39 is 0 Å². The first kappa shape index (κ1) is 15.8. The molecule has 4 nitrogen and oxygen atoms in total. The Balaban J connectivity index is 1.96. The molecule has 2 rings (SSSR count). The molecule has 0 spiro atoms.